The van der Waals surface area contributed by atoms with Crippen molar-refractivity contribution in [3.8, 4) is 11.3 Å². The third kappa shape index (κ3) is 2.13. The molecule has 0 aliphatic rings. The number of halogens is 4. The molecule has 102 valence electrons. The van der Waals surface area contributed by atoms with Crippen LogP contribution in [0.4, 0.5) is 17.6 Å². The molecule has 0 aliphatic carbocycles. The predicted octanol–water partition coefficient (Wildman–Crippen LogP) is 4.16. The van der Waals surface area contributed by atoms with Crippen LogP contribution in [0.25, 0.3) is 16.9 Å². The Morgan fingerprint density at radius 1 is 1.05 bits per heavy atom. The number of imidazole rings is 1. The van der Waals surface area contributed by atoms with Gasteiger partial charge in [-0.05, 0) is 24.3 Å². The van der Waals surface area contributed by atoms with Crippen molar-refractivity contribution in [3.63, 3.8) is 0 Å². The Morgan fingerprint density at radius 3 is 2.50 bits per heavy atom. The number of hydrogen-bond donors (Lipinski definition) is 0. The Balaban J connectivity index is 2.14. The molecule has 3 rings (SSSR count). The molecule has 20 heavy (non-hydrogen) atoms. The minimum atomic E-state index is -4.42. The highest BCUT2D eigenvalue weighted by atomic mass is 19.4. The summed E-state index contributed by atoms with van der Waals surface area (Å²) in [7, 11) is 0. The van der Waals surface area contributed by atoms with Crippen molar-refractivity contribution in [2.75, 3.05) is 0 Å². The van der Waals surface area contributed by atoms with Crippen molar-refractivity contribution in [1.29, 1.82) is 0 Å². The minimum absolute atomic E-state index is 0.123. The molecular formula is C14H8F4N2. The predicted molar refractivity (Wildman–Crippen MR) is 65.6 cm³/mol. The van der Waals surface area contributed by atoms with Crippen LogP contribution in [-0.2, 0) is 6.18 Å². The van der Waals surface area contributed by atoms with Crippen LogP contribution in [0.1, 0.15) is 5.56 Å². The SMILES string of the molecule is Fc1ccccc1-c1cn2ccc(C(F)(F)F)cc2n1. The van der Waals surface area contributed by atoms with Crippen LogP contribution in [0.15, 0.2) is 48.8 Å². The molecule has 0 unspecified atom stereocenters. The summed E-state index contributed by atoms with van der Waals surface area (Å²) in [5.74, 6) is -0.466. The molecule has 0 amide bonds. The quantitative estimate of drug-likeness (QED) is 0.612. The van der Waals surface area contributed by atoms with Gasteiger partial charge >= 0.3 is 6.18 Å². The van der Waals surface area contributed by atoms with E-state index >= 15 is 0 Å². The van der Waals surface area contributed by atoms with Crippen molar-refractivity contribution in [2.45, 2.75) is 6.18 Å². The van der Waals surface area contributed by atoms with Gasteiger partial charge in [-0.2, -0.15) is 13.2 Å². The molecule has 1 aromatic carbocycles. The van der Waals surface area contributed by atoms with Crippen molar-refractivity contribution in [2.24, 2.45) is 0 Å². The van der Waals surface area contributed by atoms with Crippen molar-refractivity contribution in [3.05, 3.63) is 60.2 Å². The highest BCUT2D eigenvalue weighted by Gasteiger charge is 2.30. The molecular weight excluding hydrogens is 272 g/mol. The van der Waals surface area contributed by atoms with Crippen LogP contribution in [-0.4, -0.2) is 9.38 Å². The summed E-state index contributed by atoms with van der Waals surface area (Å²) in [5.41, 5.74) is -0.110. The first-order chi connectivity index (χ1) is 9.45. The highest BCUT2D eigenvalue weighted by molar-refractivity contribution is 5.63. The van der Waals surface area contributed by atoms with Crippen molar-refractivity contribution >= 4 is 5.65 Å². The maximum absolute atomic E-state index is 13.6. The fourth-order valence-electron chi connectivity index (χ4n) is 1.96. The fourth-order valence-corrected chi connectivity index (χ4v) is 1.96. The zero-order chi connectivity index (χ0) is 14.3. The van der Waals surface area contributed by atoms with E-state index in [0.717, 1.165) is 12.1 Å². The number of benzene rings is 1. The molecule has 6 heteroatoms. The summed E-state index contributed by atoms with van der Waals surface area (Å²) in [5, 5.41) is 0. The zero-order valence-electron chi connectivity index (χ0n) is 10.0. The summed E-state index contributed by atoms with van der Waals surface area (Å²) in [6.07, 6.45) is -1.67. The Labute approximate surface area is 111 Å². The molecule has 0 aliphatic heterocycles. The maximum Gasteiger partial charge on any atom is 0.416 e. The normalized spacial score (nSPS) is 12.0. The largest absolute Gasteiger partial charge is 0.416 e. The van der Waals surface area contributed by atoms with E-state index in [2.05, 4.69) is 4.98 Å². The van der Waals surface area contributed by atoms with E-state index in [1.165, 1.54) is 35.0 Å². The van der Waals surface area contributed by atoms with Crippen LogP contribution < -0.4 is 0 Å². The summed E-state index contributed by atoms with van der Waals surface area (Å²) < 4.78 is 52.9. The Morgan fingerprint density at radius 2 is 1.80 bits per heavy atom. The van der Waals surface area contributed by atoms with Gasteiger partial charge in [0.15, 0.2) is 0 Å². The number of hydrogen-bond acceptors (Lipinski definition) is 1. The van der Waals surface area contributed by atoms with E-state index in [1.807, 2.05) is 0 Å². The van der Waals surface area contributed by atoms with Crippen LogP contribution in [0.2, 0.25) is 0 Å². The van der Waals surface area contributed by atoms with E-state index in [4.69, 9.17) is 0 Å². The highest BCUT2D eigenvalue weighted by Crippen LogP contribution is 2.30. The van der Waals surface area contributed by atoms with Gasteiger partial charge in [-0.1, -0.05) is 12.1 Å². The second-order valence-electron chi connectivity index (χ2n) is 4.28. The molecule has 2 nitrogen and oxygen atoms in total. The van der Waals surface area contributed by atoms with Gasteiger partial charge in [0, 0.05) is 18.0 Å². The fraction of sp³-hybridized carbons (Fsp3) is 0.0714. The molecule has 0 atom stereocenters. The third-order valence-electron chi connectivity index (χ3n) is 2.94. The van der Waals surface area contributed by atoms with Gasteiger partial charge in [-0.15, -0.1) is 0 Å². The monoisotopic (exact) mass is 280 g/mol. The summed E-state index contributed by atoms with van der Waals surface area (Å²) in [4.78, 5) is 4.04. The molecule has 3 aromatic rings. The average molecular weight is 280 g/mol. The lowest BCUT2D eigenvalue weighted by Gasteiger charge is -2.05. The van der Waals surface area contributed by atoms with Gasteiger partial charge in [0.1, 0.15) is 11.5 Å². The zero-order valence-corrected chi connectivity index (χ0v) is 10.0. The molecule has 0 fully saturated rings. The Hall–Kier alpha value is -2.37. The van der Waals surface area contributed by atoms with E-state index < -0.39 is 17.6 Å². The van der Waals surface area contributed by atoms with Crippen LogP contribution in [0.3, 0.4) is 0 Å². The third-order valence-corrected chi connectivity index (χ3v) is 2.94. The van der Waals surface area contributed by atoms with E-state index in [-0.39, 0.29) is 11.2 Å². The average Bonchev–Trinajstić information content (AvgIpc) is 2.80. The number of rotatable bonds is 1. The first-order valence-corrected chi connectivity index (χ1v) is 5.76. The minimum Gasteiger partial charge on any atom is -0.306 e. The van der Waals surface area contributed by atoms with Crippen molar-refractivity contribution < 1.29 is 17.6 Å². The maximum atomic E-state index is 13.6. The standard InChI is InChI=1S/C14H8F4N2/c15-11-4-2-1-3-10(11)12-8-20-6-5-9(14(16,17)18)7-13(20)19-12/h1-8H. The second kappa shape index (κ2) is 4.33. The molecule has 0 bridgehead atoms. The van der Waals surface area contributed by atoms with Gasteiger partial charge in [-0.3, -0.25) is 0 Å². The molecule has 0 spiro atoms. The van der Waals surface area contributed by atoms with E-state index in [1.54, 1.807) is 6.07 Å². The molecule has 0 N–H and O–H groups in total. The summed E-state index contributed by atoms with van der Waals surface area (Å²) in [6, 6.07) is 7.88. The van der Waals surface area contributed by atoms with Gasteiger partial charge in [0.2, 0.25) is 0 Å². The lowest BCUT2D eigenvalue weighted by Crippen LogP contribution is -2.05. The van der Waals surface area contributed by atoms with Gasteiger partial charge in [0.05, 0.1) is 11.3 Å². The van der Waals surface area contributed by atoms with E-state index in [9.17, 15) is 17.6 Å². The van der Waals surface area contributed by atoms with Gasteiger partial charge in [-0.25, -0.2) is 9.37 Å². The Bertz CT molecular complexity index is 774. The first-order valence-electron chi connectivity index (χ1n) is 5.76. The summed E-state index contributed by atoms with van der Waals surface area (Å²) in [6.45, 7) is 0. The molecule has 0 saturated heterocycles. The smallest absolute Gasteiger partial charge is 0.306 e. The Kier molecular flexibility index (Phi) is 2.74. The van der Waals surface area contributed by atoms with Gasteiger partial charge < -0.3 is 4.40 Å². The number of pyridine rings is 1. The van der Waals surface area contributed by atoms with E-state index in [0.29, 0.717) is 5.69 Å². The molecule has 0 radical (unpaired) electrons. The number of fused-ring (bicyclic) bond motifs is 1. The molecule has 2 aromatic heterocycles. The first kappa shape index (κ1) is 12.7. The summed E-state index contributed by atoms with van der Waals surface area (Å²) >= 11 is 0. The van der Waals surface area contributed by atoms with Crippen LogP contribution >= 0.6 is 0 Å². The molecule has 2 heterocycles. The second-order valence-corrected chi connectivity index (χ2v) is 4.28. The van der Waals surface area contributed by atoms with Crippen molar-refractivity contribution in [1.82, 2.24) is 9.38 Å². The van der Waals surface area contributed by atoms with Gasteiger partial charge in [0.25, 0.3) is 0 Å². The lowest BCUT2D eigenvalue weighted by atomic mass is 10.1. The number of nitrogens with zero attached hydrogens (tertiary/aromatic N) is 2. The van der Waals surface area contributed by atoms with Crippen LogP contribution in [0, 0.1) is 5.82 Å². The molecule has 0 saturated carbocycles. The number of alkyl halides is 3. The topological polar surface area (TPSA) is 17.3 Å². The van der Waals surface area contributed by atoms with Crippen LogP contribution in [0.5, 0.6) is 0 Å². The lowest BCUT2D eigenvalue weighted by molar-refractivity contribution is -0.137. The number of aromatic nitrogens is 2.